The first kappa shape index (κ1) is 20.4. The van der Waals surface area contributed by atoms with Crippen LogP contribution in [0.1, 0.15) is 37.7 Å². The third-order valence-corrected chi connectivity index (χ3v) is 6.00. The van der Waals surface area contributed by atoms with Gasteiger partial charge in [-0.05, 0) is 42.0 Å². The smallest absolute Gasteiger partial charge is 0.348 e. The lowest BCUT2D eigenvalue weighted by Crippen LogP contribution is -2.17. The zero-order valence-corrected chi connectivity index (χ0v) is 17.7. The van der Waals surface area contributed by atoms with Gasteiger partial charge in [0.15, 0.2) is 0 Å². The minimum absolute atomic E-state index is 0.163. The van der Waals surface area contributed by atoms with E-state index < -0.39 is 11.9 Å². The van der Waals surface area contributed by atoms with E-state index in [0.29, 0.717) is 12.1 Å². The van der Waals surface area contributed by atoms with Gasteiger partial charge in [0.2, 0.25) is 5.91 Å². The second-order valence-corrected chi connectivity index (χ2v) is 7.53. The van der Waals surface area contributed by atoms with Crippen molar-refractivity contribution in [2.45, 2.75) is 26.8 Å². The number of aryl methyl sites for hydroxylation is 1. The Kier molecular flexibility index (Phi) is 6.75. The van der Waals surface area contributed by atoms with E-state index in [1.54, 1.807) is 17.8 Å². The zero-order chi connectivity index (χ0) is 19.4. The summed E-state index contributed by atoms with van der Waals surface area (Å²) in [6.07, 6.45) is 1.90. The van der Waals surface area contributed by atoms with Crippen LogP contribution in [0.4, 0.5) is 5.00 Å². The van der Waals surface area contributed by atoms with Crippen molar-refractivity contribution >= 4 is 56.8 Å². The van der Waals surface area contributed by atoms with E-state index in [0.717, 1.165) is 20.6 Å². The van der Waals surface area contributed by atoms with E-state index in [2.05, 4.69) is 33.0 Å². The van der Waals surface area contributed by atoms with Crippen LogP contribution in [0.5, 0.6) is 0 Å². The van der Waals surface area contributed by atoms with Gasteiger partial charge < -0.3 is 14.8 Å². The molecule has 0 saturated carbocycles. The normalized spacial score (nSPS) is 10.5. The third-order valence-electron chi connectivity index (χ3n) is 3.75. The molecule has 0 bridgehead atoms. The zero-order valence-electron chi connectivity index (χ0n) is 14.7. The molecule has 0 unspecified atom stereocenters. The summed E-state index contributed by atoms with van der Waals surface area (Å²) in [6.45, 7) is 3.94. The summed E-state index contributed by atoms with van der Waals surface area (Å²) in [7, 11) is 2.50. The fourth-order valence-corrected chi connectivity index (χ4v) is 3.81. The Morgan fingerprint density at radius 3 is 2.42 bits per heavy atom. The summed E-state index contributed by atoms with van der Waals surface area (Å²) in [5.41, 5.74) is 1.56. The van der Waals surface area contributed by atoms with Crippen molar-refractivity contribution in [1.29, 1.82) is 0 Å². The van der Waals surface area contributed by atoms with E-state index >= 15 is 0 Å². The second kappa shape index (κ2) is 8.62. The predicted octanol–water partition coefficient (Wildman–Crippen LogP) is 2.77. The van der Waals surface area contributed by atoms with E-state index in [1.807, 2.05) is 6.92 Å². The molecule has 8 nitrogen and oxygen atoms in total. The lowest BCUT2D eigenvalue weighted by Gasteiger charge is -2.07. The lowest BCUT2D eigenvalue weighted by molar-refractivity contribution is -0.116. The molecule has 2 heterocycles. The lowest BCUT2D eigenvalue weighted by atomic mass is 10.1. The molecule has 1 N–H and O–H groups in total. The van der Waals surface area contributed by atoms with Crippen LogP contribution in [-0.4, -0.2) is 41.8 Å². The molecular weight excluding hydrogens is 473 g/mol. The predicted molar refractivity (Wildman–Crippen MR) is 105 cm³/mol. The molecule has 0 aliphatic carbocycles. The summed E-state index contributed by atoms with van der Waals surface area (Å²) in [5, 5.41) is 7.16. The minimum atomic E-state index is -0.623. The number of nitrogens with one attached hydrogen (secondary N) is 1. The maximum absolute atomic E-state index is 12.3. The van der Waals surface area contributed by atoms with Crippen LogP contribution in [-0.2, 0) is 20.8 Å². The number of thiophene rings is 1. The van der Waals surface area contributed by atoms with E-state index in [9.17, 15) is 14.4 Å². The highest BCUT2D eigenvalue weighted by Gasteiger charge is 2.26. The molecular formula is C16H18IN3O5S. The number of methoxy groups -OCH3 is 2. The van der Waals surface area contributed by atoms with E-state index in [-0.39, 0.29) is 27.8 Å². The molecule has 140 valence electrons. The minimum Gasteiger partial charge on any atom is -0.465 e. The molecule has 1 amide bonds. The molecule has 0 atom stereocenters. The number of hydrogen-bond donors (Lipinski definition) is 1. The Morgan fingerprint density at radius 1 is 1.23 bits per heavy atom. The van der Waals surface area contributed by atoms with Gasteiger partial charge in [0.05, 0.1) is 36.1 Å². The first-order chi connectivity index (χ1) is 12.3. The molecule has 0 saturated heterocycles. The van der Waals surface area contributed by atoms with Gasteiger partial charge in [-0.2, -0.15) is 5.10 Å². The number of amides is 1. The molecule has 10 heteroatoms. The monoisotopic (exact) mass is 491 g/mol. The summed E-state index contributed by atoms with van der Waals surface area (Å²) in [5.74, 6) is -1.49. The molecule has 2 aromatic heterocycles. The number of anilines is 1. The van der Waals surface area contributed by atoms with Gasteiger partial charge in [0.25, 0.3) is 0 Å². The molecule has 0 aliphatic rings. The largest absolute Gasteiger partial charge is 0.465 e. The van der Waals surface area contributed by atoms with Crippen LogP contribution >= 0.6 is 33.9 Å². The Labute approximate surface area is 168 Å². The maximum Gasteiger partial charge on any atom is 0.348 e. The number of rotatable bonds is 6. The van der Waals surface area contributed by atoms with Crippen molar-refractivity contribution in [3.05, 3.63) is 31.5 Å². The third kappa shape index (κ3) is 4.23. The van der Waals surface area contributed by atoms with Crippen molar-refractivity contribution in [2.24, 2.45) is 0 Å². The summed E-state index contributed by atoms with van der Waals surface area (Å²) < 4.78 is 12.2. The number of halogens is 1. The van der Waals surface area contributed by atoms with Crippen molar-refractivity contribution in [3.8, 4) is 0 Å². The van der Waals surface area contributed by atoms with Crippen LogP contribution in [0.3, 0.4) is 0 Å². The number of ether oxygens (including phenoxy) is 2. The Morgan fingerprint density at radius 2 is 1.88 bits per heavy atom. The number of nitrogens with zero attached hydrogens (tertiary/aromatic N) is 2. The van der Waals surface area contributed by atoms with Crippen molar-refractivity contribution in [2.75, 3.05) is 19.5 Å². The molecule has 0 radical (unpaired) electrons. The van der Waals surface area contributed by atoms with Crippen molar-refractivity contribution < 1.29 is 23.9 Å². The first-order valence-electron chi connectivity index (χ1n) is 7.57. The SMILES string of the molecule is COC(=O)c1sc(NC(=O)CCn2ncc(I)c2C)c(C(=O)OC)c1C. The molecule has 26 heavy (non-hydrogen) atoms. The molecule has 0 spiro atoms. The average Bonchev–Trinajstić information content (AvgIpc) is 3.11. The van der Waals surface area contributed by atoms with Gasteiger partial charge in [-0.3, -0.25) is 9.48 Å². The number of carbonyl (C=O) groups excluding carboxylic acids is 3. The molecule has 0 aromatic carbocycles. The van der Waals surface area contributed by atoms with Gasteiger partial charge in [-0.15, -0.1) is 11.3 Å². The standard InChI is InChI=1S/C16H18IN3O5S/c1-8-12(15(22)24-3)14(26-13(8)16(23)25-4)19-11(21)5-6-20-9(2)10(17)7-18-20/h7H,5-6H2,1-4H3,(H,19,21). The summed E-state index contributed by atoms with van der Waals surface area (Å²) >= 11 is 3.16. The van der Waals surface area contributed by atoms with Crippen molar-refractivity contribution in [1.82, 2.24) is 9.78 Å². The fourth-order valence-electron chi connectivity index (χ4n) is 2.28. The maximum atomic E-state index is 12.3. The van der Waals surface area contributed by atoms with Gasteiger partial charge in [-0.25, -0.2) is 9.59 Å². The van der Waals surface area contributed by atoms with Gasteiger partial charge in [0, 0.05) is 12.1 Å². The van der Waals surface area contributed by atoms with Crippen LogP contribution in [0, 0.1) is 17.4 Å². The number of carbonyl (C=O) groups is 3. The Bertz CT molecular complexity index is 858. The van der Waals surface area contributed by atoms with Gasteiger partial charge in [-0.1, -0.05) is 0 Å². The van der Waals surface area contributed by atoms with Crippen LogP contribution in [0.15, 0.2) is 6.20 Å². The Balaban J connectivity index is 2.19. The van der Waals surface area contributed by atoms with Crippen LogP contribution < -0.4 is 5.32 Å². The molecule has 0 aliphatic heterocycles. The van der Waals surface area contributed by atoms with Crippen LogP contribution in [0.25, 0.3) is 0 Å². The number of hydrogen-bond acceptors (Lipinski definition) is 7. The highest BCUT2D eigenvalue weighted by Crippen LogP contribution is 2.34. The summed E-state index contributed by atoms with van der Waals surface area (Å²) in [6, 6.07) is 0. The van der Waals surface area contributed by atoms with E-state index in [1.165, 1.54) is 14.2 Å². The van der Waals surface area contributed by atoms with Crippen molar-refractivity contribution in [3.63, 3.8) is 0 Å². The first-order valence-corrected chi connectivity index (χ1v) is 9.47. The van der Waals surface area contributed by atoms with Gasteiger partial charge >= 0.3 is 11.9 Å². The number of esters is 2. The van der Waals surface area contributed by atoms with Gasteiger partial charge in [0.1, 0.15) is 9.88 Å². The molecule has 2 rings (SSSR count). The number of aromatic nitrogens is 2. The highest BCUT2D eigenvalue weighted by molar-refractivity contribution is 14.1. The topological polar surface area (TPSA) is 99.5 Å². The van der Waals surface area contributed by atoms with Crippen LogP contribution in [0.2, 0.25) is 0 Å². The fraction of sp³-hybridized carbons (Fsp3) is 0.375. The quantitative estimate of drug-likeness (QED) is 0.493. The molecule has 0 fully saturated rings. The Hall–Kier alpha value is -1.95. The summed E-state index contributed by atoms with van der Waals surface area (Å²) in [4.78, 5) is 36.5. The van der Waals surface area contributed by atoms with E-state index in [4.69, 9.17) is 9.47 Å². The second-order valence-electron chi connectivity index (χ2n) is 5.34. The molecule has 2 aromatic rings. The highest BCUT2D eigenvalue weighted by atomic mass is 127. The average molecular weight is 491 g/mol.